The summed E-state index contributed by atoms with van der Waals surface area (Å²) in [7, 11) is -1.24. The van der Waals surface area contributed by atoms with Gasteiger partial charge in [0, 0.05) is 6.42 Å². The molecule has 0 aliphatic carbocycles. The van der Waals surface area contributed by atoms with E-state index in [1.165, 1.54) is 0 Å². The van der Waals surface area contributed by atoms with Gasteiger partial charge in [-0.2, -0.15) is 74.6 Å². The summed E-state index contributed by atoms with van der Waals surface area (Å²) in [6, 6.07) is 0. The number of unbranched alkanes of at least 4 members (excludes halogenated alkanes) is 2. The van der Waals surface area contributed by atoms with E-state index in [1.807, 2.05) is 0 Å². The van der Waals surface area contributed by atoms with Gasteiger partial charge in [-0.1, -0.05) is 6.42 Å². The normalized spacial score (nSPS) is 17.0. The summed E-state index contributed by atoms with van der Waals surface area (Å²) in [6.45, 7) is 1.51. The van der Waals surface area contributed by atoms with Crippen molar-refractivity contribution >= 4 is 7.82 Å². The van der Waals surface area contributed by atoms with E-state index in [9.17, 15) is 84.1 Å². The fraction of sp³-hybridized carbons (Fsp3) is 1.00. The fourth-order valence-corrected chi connectivity index (χ4v) is 3.50. The first-order valence-electron chi connectivity index (χ1n) is 11.4. The molecule has 42 heavy (non-hydrogen) atoms. The molecule has 1 unspecified atom stereocenters. The highest BCUT2D eigenvalue weighted by Gasteiger charge is 2.95. The monoisotopic (exact) mass is 686 g/mol. The van der Waals surface area contributed by atoms with Crippen molar-refractivity contribution in [2.45, 2.75) is 80.2 Å². The summed E-state index contributed by atoms with van der Waals surface area (Å²) in [5.41, 5.74) is 0. The van der Waals surface area contributed by atoms with E-state index in [4.69, 9.17) is 0 Å². The molecule has 0 amide bonds. The molecule has 0 rings (SSSR count). The summed E-state index contributed by atoms with van der Waals surface area (Å²) >= 11 is 0. The van der Waals surface area contributed by atoms with Crippen molar-refractivity contribution in [1.82, 2.24) is 0 Å². The van der Waals surface area contributed by atoms with E-state index >= 15 is 0 Å². The first-order valence-corrected chi connectivity index (χ1v) is 12.9. The van der Waals surface area contributed by atoms with Gasteiger partial charge in [-0.15, -0.1) is 0 Å². The first-order chi connectivity index (χ1) is 18.2. The number of hydrogen-bond donors (Lipinski definition) is 1. The second-order valence-electron chi connectivity index (χ2n) is 9.57. The van der Waals surface area contributed by atoms with E-state index in [0.717, 1.165) is 0 Å². The molecule has 0 saturated carbocycles. The molecule has 254 valence electrons. The zero-order valence-electron chi connectivity index (χ0n) is 21.6. The van der Waals surface area contributed by atoms with Crippen LogP contribution in [0.1, 0.15) is 32.6 Å². The van der Waals surface area contributed by atoms with Crippen LogP contribution >= 0.6 is 7.82 Å². The average molecular weight is 686 g/mol. The Kier molecular flexibility index (Phi) is 12.4. The van der Waals surface area contributed by atoms with Crippen LogP contribution in [0.4, 0.5) is 74.6 Å². The molecule has 0 aromatic rings. The number of phosphoric ester groups is 1. The summed E-state index contributed by atoms with van der Waals surface area (Å²) in [4.78, 5) is 9.47. The SMILES string of the molecule is CC[N+](C)(C)CCOP(=O)(O)OCCCCCC(F)(F)C(F)(F)C(F)(F)C(F)(F)C(F)(F)C(F)(F)C(F)(F)C(F)(F)F. The second kappa shape index (κ2) is 12.7. The van der Waals surface area contributed by atoms with Crippen molar-refractivity contribution in [2.24, 2.45) is 0 Å². The molecule has 0 fully saturated rings. The van der Waals surface area contributed by atoms with Gasteiger partial charge in [-0.3, -0.25) is 9.05 Å². The summed E-state index contributed by atoms with van der Waals surface area (Å²) in [5.74, 6) is -56.5. The number of hydrogen-bond acceptors (Lipinski definition) is 3. The molecule has 23 heteroatoms. The van der Waals surface area contributed by atoms with Crippen LogP contribution in [0.3, 0.4) is 0 Å². The van der Waals surface area contributed by atoms with Gasteiger partial charge in [-0.05, 0) is 19.8 Å². The number of likely N-dealkylation sites (N-methyl/N-ethyl adjacent to an activating group) is 1. The standard InChI is InChI=1S/C19H25F17NO4P/c1-4-37(2,3)9-11-41-42(38,39)40-10-7-5-6-8-12(20,21)13(22,23)14(24,25)15(26,27)16(28,29)17(30,31)18(32,33)19(34,35)36/h4-11H2,1-3H3/p+1. The number of quaternary nitrogens is 1. The molecule has 0 aliphatic heterocycles. The van der Waals surface area contributed by atoms with Crippen LogP contribution in [0.5, 0.6) is 0 Å². The lowest BCUT2D eigenvalue weighted by Crippen LogP contribution is -2.74. The minimum Gasteiger partial charge on any atom is -0.327 e. The lowest BCUT2D eigenvalue weighted by atomic mass is 9.88. The number of nitrogens with zero attached hydrogens (tertiary/aromatic N) is 1. The maximum Gasteiger partial charge on any atom is 0.472 e. The molecular formula is C19H26F17NO4P+. The van der Waals surface area contributed by atoms with Gasteiger partial charge in [-0.25, -0.2) is 4.57 Å². The lowest BCUT2D eigenvalue weighted by molar-refractivity contribution is -0.888. The van der Waals surface area contributed by atoms with Crippen LogP contribution in [-0.4, -0.2) is 97.4 Å². The van der Waals surface area contributed by atoms with Crippen LogP contribution < -0.4 is 0 Å². The van der Waals surface area contributed by atoms with Gasteiger partial charge < -0.3 is 9.38 Å². The first kappa shape index (κ1) is 40.9. The van der Waals surface area contributed by atoms with E-state index in [-0.39, 0.29) is 13.2 Å². The Morgan fingerprint density at radius 2 is 0.976 bits per heavy atom. The zero-order valence-corrected chi connectivity index (χ0v) is 22.5. The van der Waals surface area contributed by atoms with Gasteiger partial charge in [0.25, 0.3) is 0 Å². The van der Waals surface area contributed by atoms with Crippen molar-refractivity contribution in [2.75, 3.05) is 40.4 Å². The average Bonchev–Trinajstić information content (AvgIpc) is 2.79. The minimum atomic E-state index is -8.66. The Hall–Kier alpha value is -1.12. The maximum atomic E-state index is 13.8. The third kappa shape index (κ3) is 7.93. The van der Waals surface area contributed by atoms with Crippen LogP contribution in [0.15, 0.2) is 0 Å². The smallest absolute Gasteiger partial charge is 0.327 e. The topological polar surface area (TPSA) is 55.8 Å². The lowest BCUT2D eigenvalue weighted by Gasteiger charge is -2.42. The van der Waals surface area contributed by atoms with Crippen LogP contribution in [0.2, 0.25) is 0 Å². The Morgan fingerprint density at radius 1 is 0.595 bits per heavy atom. The molecule has 0 aromatic carbocycles. The van der Waals surface area contributed by atoms with Crippen molar-refractivity contribution in [1.29, 1.82) is 0 Å². The molecule has 0 aliphatic rings. The van der Waals surface area contributed by atoms with Crippen molar-refractivity contribution in [3.63, 3.8) is 0 Å². The van der Waals surface area contributed by atoms with Gasteiger partial charge in [0.15, 0.2) is 0 Å². The largest absolute Gasteiger partial charge is 0.472 e. The Bertz CT molecular complexity index is 940. The fourth-order valence-electron chi connectivity index (χ4n) is 2.76. The summed E-state index contributed by atoms with van der Waals surface area (Å²) in [6.07, 6.45) is -13.1. The van der Waals surface area contributed by atoms with Crippen LogP contribution in [0, 0.1) is 0 Å². The highest BCUT2D eigenvalue weighted by Crippen LogP contribution is 2.64. The van der Waals surface area contributed by atoms with Crippen molar-refractivity contribution in [3.8, 4) is 0 Å². The zero-order chi connectivity index (χ0) is 34.1. The summed E-state index contributed by atoms with van der Waals surface area (Å²) < 4.78 is 246. The number of phosphoric acid groups is 1. The third-order valence-electron chi connectivity index (χ3n) is 5.98. The Labute approximate surface area is 227 Å². The van der Waals surface area contributed by atoms with Crippen LogP contribution in [-0.2, 0) is 13.6 Å². The van der Waals surface area contributed by atoms with E-state index < -0.39 is 87.7 Å². The van der Waals surface area contributed by atoms with Crippen molar-refractivity contribution in [3.05, 3.63) is 0 Å². The molecule has 0 spiro atoms. The quantitative estimate of drug-likeness (QED) is 0.0693. The highest BCUT2D eigenvalue weighted by atomic mass is 31.2. The summed E-state index contributed by atoms with van der Waals surface area (Å²) in [5, 5.41) is 0. The maximum absolute atomic E-state index is 13.8. The predicted molar refractivity (Wildman–Crippen MR) is 108 cm³/mol. The number of rotatable bonds is 18. The molecule has 0 heterocycles. The second-order valence-corrected chi connectivity index (χ2v) is 11.0. The van der Waals surface area contributed by atoms with Crippen LogP contribution in [0.25, 0.3) is 0 Å². The Balaban J connectivity index is 5.50. The molecule has 0 saturated heterocycles. The van der Waals surface area contributed by atoms with Gasteiger partial charge >= 0.3 is 55.5 Å². The van der Waals surface area contributed by atoms with Crippen molar-refractivity contribution < 1.29 is 97.6 Å². The van der Waals surface area contributed by atoms with Gasteiger partial charge in [0.05, 0.1) is 27.2 Å². The molecule has 1 N–H and O–H groups in total. The molecule has 5 nitrogen and oxygen atoms in total. The molecule has 1 atom stereocenters. The van der Waals surface area contributed by atoms with Gasteiger partial charge in [0.1, 0.15) is 13.2 Å². The minimum absolute atomic E-state index is 0.228. The van der Waals surface area contributed by atoms with Gasteiger partial charge in [0.2, 0.25) is 0 Å². The molecular weight excluding hydrogens is 660 g/mol. The number of halogens is 17. The van der Waals surface area contributed by atoms with E-state index in [1.54, 1.807) is 21.0 Å². The molecule has 0 bridgehead atoms. The molecule has 0 radical (unpaired) electrons. The highest BCUT2D eigenvalue weighted by molar-refractivity contribution is 7.47. The Morgan fingerprint density at radius 3 is 1.38 bits per heavy atom. The van der Waals surface area contributed by atoms with E-state index in [0.29, 0.717) is 11.0 Å². The number of alkyl halides is 17. The van der Waals surface area contributed by atoms with E-state index in [2.05, 4.69) is 9.05 Å². The predicted octanol–water partition coefficient (Wildman–Crippen LogP) is 7.79. The third-order valence-corrected chi connectivity index (χ3v) is 7.00. The molecule has 0 aromatic heterocycles.